The number of carbonyl (C=O) groups excluding carboxylic acids is 1. The first-order valence-electron chi connectivity index (χ1n) is 9.57. The number of piperidine rings is 1. The fourth-order valence-electron chi connectivity index (χ4n) is 2.98. The molecule has 3 rings (SSSR count). The van der Waals surface area contributed by atoms with E-state index in [4.69, 9.17) is 0 Å². The van der Waals surface area contributed by atoms with Crippen LogP contribution >= 0.6 is 0 Å². The number of hydrogen-bond donors (Lipinski definition) is 1. The summed E-state index contributed by atoms with van der Waals surface area (Å²) in [7, 11) is -3.55. The van der Waals surface area contributed by atoms with Crippen LogP contribution < -0.4 is 9.62 Å². The van der Waals surface area contributed by atoms with Crippen molar-refractivity contribution in [3.05, 3.63) is 70.6 Å². The Morgan fingerprint density at radius 2 is 1.79 bits per heavy atom. The number of amides is 1. The molecule has 0 aromatic heterocycles. The Bertz CT molecular complexity index is 1040. The van der Waals surface area contributed by atoms with Crippen molar-refractivity contribution in [3.63, 3.8) is 0 Å². The third-order valence-electron chi connectivity index (χ3n) is 4.61. The number of sulfonamides is 1. The summed E-state index contributed by atoms with van der Waals surface area (Å²) in [4.78, 5) is 13.8. The van der Waals surface area contributed by atoms with Gasteiger partial charge in [-0.15, -0.1) is 0 Å². The van der Waals surface area contributed by atoms with E-state index >= 15 is 0 Å². The van der Waals surface area contributed by atoms with Crippen LogP contribution in [0.1, 0.15) is 36.0 Å². The number of nitrogens with one attached hydrogen (secondary N) is 1. The summed E-state index contributed by atoms with van der Waals surface area (Å²) in [5.74, 6) is 5.91. The third kappa shape index (κ3) is 6.31. The van der Waals surface area contributed by atoms with Crippen LogP contribution in [0.5, 0.6) is 0 Å². The first-order valence-corrected chi connectivity index (χ1v) is 11.1. The Balaban J connectivity index is 1.54. The first-order chi connectivity index (χ1) is 13.9. The molecule has 1 N–H and O–H groups in total. The highest BCUT2D eigenvalue weighted by atomic mass is 32.2. The molecule has 0 aliphatic carbocycles. The largest absolute Gasteiger partial charge is 0.312 e. The topological polar surface area (TPSA) is 66.5 Å². The van der Waals surface area contributed by atoms with E-state index in [1.165, 1.54) is 0 Å². The molecule has 6 heteroatoms. The first kappa shape index (κ1) is 20.8. The van der Waals surface area contributed by atoms with Crippen LogP contribution in [0, 0.1) is 18.8 Å². The van der Waals surface area contributed by atoms with Gasteiger partial charge in [0.1, 0.15) is 0 Å². The molecule has 1 fully saturated rings. The molecule has 2 aromatic carbocycles. The highest BCUT2D eigenvalue weighted by Gasteiger charge is 2.19. The van der Waals surface area contributed by atoms with E-state index in [-0.39, 0.29) is 12.5 Å². The molecule has 1 saturated heterocycles. The molecular formula is C23H24N2O3S. The fourth-order valence-corrected chi connectivity index (χ4v) is 3.69. The Labute approximate surface area is 172 Å². The second-order valence-corrected chi connectivity index (χ2v) is 8.58. The van der Waals surface area contributed by atoms with Crippen LogP contribution in [0.15, 0.2) is 53.9 Å². The van der Waals surface area contributed by atoms with Gasteiger partial charge in [0.2, 0.25) is 15.9 Å². The Morgan fingerprint density at radius 3 is 2.48 bits per heavy atom. The summed E-state index contributed by atoms with van der Waals surface area (Å²) in [6.07, 6.45) is 4.12. The van der Waals surface area contributed by atoms with Crippen LogP contribution in [0.3, 0.4) is 0 Å². The molecule has 1 aliphatic heterocycles. The molecule has 0 unspecified atom stereocenters. The zero-order chi connectivity index (χ0) is 20.7. The van der Waals surface area contributed by atoms with Gasteiger partial charge in [0.25, 0.3) is 0 Å². The minimum atomic E-state index is -3.55. The predicted molar refractivity (Wildman–Crippen MR) is 117 cm³/mol. The third-order valence-corrected chi connectivity index (χ3v) is 5.65. The minimum absolute atomic E-state index is 0.0208. The number of rotatable bonds is 5. The normalized spacial score (nSPS) is 14.7. The molecule has 5 nitrogen and oxygen atoms in total. The van der Waals surface area contributed by atoms with E-state index < -0.39 is 10.0 Å². The molecule has 29 heavy (non-hydrogen) atoms. The molecule has 150 valence electrons. The number of benzene rings is 2. The maximum atomic E-state index is 12.0. The summed E-state index contributed by atoms with van der Waals surface area (Å²) in [6.45, 7) is 2.75. The van der Waals surface area contributed by atoms with Crippen molar-refractivity contribution in [2.75, 3.05) is 18.0 Å². The number of carbonyl (C=O) groups is 1. The van der Waals surface area contributed by atoms with E-state index in [1.807, 2.05) is 55.5 Å². The molecule has 1 amide bonds. The van der Waals surface area contributed by atoms with Gasteiger partial charge in [-0.1, -0.05) is 41.7 Å². The Kier molecular flexibility index (Phi) is 6.86. The zero-order valence-corrected chi connectivity index (χ0v) is 17.2. The quantitative estimate of drug-likeness (QED) is 0.771. The highest BCUT2D eigenvalue weighted by Crippen LogP contribution is 2.21. The van der Waals surface area contributed by atoms with Crippen molar-refractivity contribution in [3.8, 4) is 11.8 Å². The van der Waals surface area contributed by atoms with Crippen LogP contribution in [-0.4, -0.2) is 27.4 Å². The maximum Gasteiger partial charge on any atom is 0.234 e. The molecule has 1 heterocycles. The van der Waals surface area contributed by atoms with Gasteiger partial charge in [-0.2, -0.15) is 4.72 Å². The van der Waals surface area contributed by atoms with E-state index in [1.54, 1.807) is 11.0 Å². The van der Waals surface area contributed by atoms with Gasteiger partial charge in [-0.3, -0.25) is 4.79 Å². The fraction of sp³-hybridized carbons (Fsp3) is 0.261. The lowest BCUT2D eigenvalue weighted by Gasteiger charge is -2.26. The van der Waals surface area contributed by atoms with Gasteiger partial charge >= 0.3 is 0 Å². The molecule has 0 radical (unpaired) electrons. The molecule has 1 aliphatic rings. The van der Waals surface area contributed by atoms with Gasteiger partial charge in [0, 0.05) is 29.6 Å². The van der Waals surface area contributed by atoms with Crippen molar-refractivity contribution in [1.29, 1.82) is 0 Å². The van der Waals surface area contributed by atoms with E-state index in [9.17, 15) is 13.2 Å². The number of nitrogens with zero attached hydrogens (tertiary/aromatic N) is 1. The number of hydrogen-bond acceptors (Lipinski definition) is 3. The highest BCUT2D eigenvalue weighted by molar-refractivity contribution is 7.92. The van der Waals surface area contributed by atoms with E-state index in [2.05, 4.69) is 16.6 Å². The zero-order valence-electron chi connectivity index (χ0n) is 16.4. The second kappa shape index (κ2) is 9.55. The molecule has 2 aromatic rings. The maximum absolute atomic E-state index is 12.0. The lowest BCUT2D eigenvalue weighted by Crippen LogP contribution is -2.35. The molecule has 0 bridgehead atoms. The van der Waals surface area contributed by atoms with Gasteiger partial charge in [0.05, 0.1) is 6.54 Å². The number of aryl methyl sites for hydroxylation is 1. The molecule has 0 atom stereocenters. The Hall–Kier alpha value is -2.88. The average molecular weight is 409 g/mol. The van der Waals surface area contributed by atoms with Gasteiger partial charge < -0.3 is 4.90 Å². The summed E-state index contributed by atoms with van der Waals surface area (Å²) >= 11 is 0. The second-order valence-electron chi connectivity index (χ2n) is 6.93. The monoisotopic (exact) mass is 408 g/mol. The van der Waals surface area contributed by atoms with Crippen LogP contribution in [0.25, 0.3) is 6.08 Å². The van der Waals surface area contributed by atoms with Crippen molar-refractivity contribution in [2.24, 2.45) is 0 Å². The predicted octanol–water partition coefficient (Wildman–Crippen LogP) is 3.45. The molecular weight excluding hydrogens is 384 g/mol. The lowest BCUT2D eigenvalue weighted by molar-refractivity contribution is -0.119. The summed E-state index contributed by atoms with van der Waals surface area (Å²) < 4.78 is 26.5. The van der Waals surface area contributed by atoms with Gasteiger partial charge in [0.15, 0.2) is 0 Å². The van der Waals surface area contributed by atoms with Gasteiger partial charge in [-0.25, -0.2) is 8.42 Å². The number of anilines is 1. The van der Waals surface area contributed by atoms with Crippen molar-refractivity contribution < 1.29 is 13.2 Å². The lowest BCUT2D eigenvalue weighted by atomic mass is 10.1. The van der Waals surface area contributed by atoms with Crippen LogP contribution in [0.2, 0.25) is 0 Å². The summed E-state index contributed by atoms with van der Waals surface area (Å²) in [5.41, 5.74) is 3.59. The van der Waals surface area contributed by atoms with E-state index in [0.29, 0.717) is 6.42 Å². The smallest absolute Gasteiger partial charge is 0.234 e. The minimum Gasteiger partial charge on any atom is -0.312 e. The van der Waals surface area contributed by atoms with Crippen LogP contribution in [-0.2, 0) is 14.8 Å². The molecule has 0 saturated carbocycles. The van der Waals surface area contributed by atoms with Crippen molar-refractivity contribution in [2.45, 2.75) is 26.2 Å². The summed E-state index contributed by atoms with van der Waals surface area (Å²) in [5, 5.41) is 1.14. The Morgan fingerprint density at radius 1 is 1.07 bits per heavy atom. The van der Waals surface area contributed by atoms with Crippen LogP contribution in [0.4, 0.5) is 5.69 Å². The summed E-state index contributed by atoms with van der Waals surface area (Å²) in [6, 6.07) is 15.0. The SMILES string of the molecule is Cc1ccc(/C=C/S(=O)(=O)NCC#Cc2ccc(N3CCCCC3=O)cc2)cc1. The van der Waals surface area contributed by atoms with E-state index in [0.717, 1.165) is 47.2 Å². The van der Waals surface area contributed by atoms with Crippen molar-refractivity contribution >= 4 is 27.7 Å². The average Bonchev–Trinajstić information content (AvgIpc) is 2.72. The van der Waals surface area contributed by atoms with Gasteiger partial charge in [-0.05, 0) is 55.7 Å². The molecule has 0 spiro atoms. The standard InChI is InChI=1S/C23H24N2O3S/c1-19-7-9-21(10-8-19)15-18-29(27,28)24-16-4-5-20-11-13-22(14-12-20)25-17-3-2-6-23(25)26/h7-15,18,24H,2-3,6,16-17H2,1H3/b18-15+. The van der Waals surface area contributed by atoms with Crippen molar-refractivity contribution in [1.82, 2.24) is 4.72 Å².